The highest BCUT2D eigenvalue weighted by molar-refractivity contribution is 7.80. The first-order valence-electron chi connectivity index (χ1n) is 15.5. The van der Waals surface area contributed by atoms with Gasteiger partial charge in [-0.15, -0.1) is 0 Å². The summed E-state index contributed by atoms with van der Waals surface area (Å²) in [4.78, 5) is 30.9. The van der Waals surface area contributed by atoms with Crippen molar-refractivity contribution in [1.29, 1.82) is 0 Å². The molecule has 1 fully saturated rings. The zero-order valence-corrected chi connectivity index (χ0v) is 26.6. The van der Waals surface area contributed by atoms with Crippen LogP contribution in [-0.2, 0) is 0 Å². The molecule has 0 unspecified atom stereocenters. The highest BCUT2D eigenvalue weighted by Crippen LogP contribution is 2.30. The van der Waals surface area contributed by atoms with Crippen LogP contribution in [0.25, 0.3) is 0 Å². The number of carbonyl (C=O) groups is 2. The molecule has 0 atom stereocenters. The van der Waals surface area contributed by atoms with E-state index in [1.165, 1.54) is 11.1 Å². The number of nitrogens with zero attached hydrogens (tertiary/aromatic N) is 2. The third-order valence-corrected chi connectivity index (χ3v) is 8.11. The van der Waals surface area contributed by atoms with Gasteiger partial charge in [-0.25, -0.2) is 0 Å². The first-order valence-corrected chi connectivity index (χ1v) is 15.9. The van der Waals surface area contributed by atoms with Crippen LogP contribution in [-0.4, -0.2) is 59.5 Å². The predicted octanol–water partition coefficient (Wildman–Crippen LogP) is 6.79. The molecule has 0 bridgehead atoms. The lowest BCUT2D eigenvalue weighted by atomic mass is 9.96. The molecule has 0 spiro atoms. The molecule has 4 aromatic carbocycles. The number of anilines is 1. The summed E-state index contributed by atoms with van der Waals surface area (Å²) in [6, 6.07) is 35.4. The van der Waals surface area contributed by atoms with E-state index in [4.69, 9.17) is 17.0 Å². The molecule has 1 saturated heterocycles. The first-order chi connectivity index (χ1) is 21.9. The molecule has 1 heterocycles. The van der Waals surface area contributed by atoms with Gasteiger partial charge in [0.25, 0.3) is 11.8 Å². The zero-order chi connectivity index (χ0) is 31.6. The molecule has 4 aromatic rings. The van der Waals surface area contributed by atoms with E-state index < -0.39 is 0 Å². The Morgan fingerprint density at radius 3 is 1.96 bits per heavy atom. The van der Waals surface area contributed by atoms with Crippen LogP contribution in [0.2, 0.25) is 0 Å². The predicted molar refractivity (Wildman–Crippen MR) is 184 cm³/mol. The van der Waals surface area contributed by atoms with Crippen LogP contribution in [0.5, 0.6) is 5.75 Å². The molecule has 0 aliphatic carbocycles. The third kappa shape index (κ3) is 8.56. The largest absolute Gasteiger partial charge is 0.494 e. The molecule has 1 aliphatic heterocycles. The SMILES string of the molecule is CC(C)CCOc1ccc(C(=O)NC(=S)Nc2ccccc2C(=O)N2CCN(C(c3ccccc3)c3ccccc3)CC2)cc1. The number of thiocarbonyl (C=S) groups is 1. The number of carbonyl (C=O) groups excluding carboxylic acids is 2. The smallest absolute Gasteiger partial charge is 0.257 e. The van der Waals surface area contributed by atoms with Gasteiger partial charge in [-0.1, -0.05) is 86.6 Å². The maximum absolute atomic E-state index is 13.7. The number of hydrogen-bond acceptors (Lipinski definition) is 5. The summed E-state index contributed by atoms with van der Waals surface area (Å²) in [6.07, 6.45) is 0.964. The lowest BCUT2D eigenvalue weighted by Gasteiger charge is -2.40. The summed E-state index contributed by atoms with van der Waals surface area (Å²) in [6.45, 7) is 7.61. The van der Waals surface area contributed by atoms with Gasteiger partial charge in [-0.3, -0.25) is 19.8 Å². The van der Waals surface area contributed by atoms with Crippen molar-refractivity contribution in [1.82, 2.24) is 15.1 Å². The Kier molecular flexibility index (Phi) is 11.0. The Morgan fingerprint density at radius 1 is 0.778 bits per heavy atom. The fourth-order valence-corrected chi connectivity index (χ4v) is 5.66. The molecule has 45 heavy (non-hydrogen) atoms. The van der Waals surface area contributed by atoms with Crippen molar-refractivity contribution in [3.8, 4) is 5.75 Å². The van der Waals surface area contributed by atoms with E-state index in [1.54, 1.807) is 36.4 Å². The van der Waals surface area contributed by atoms with E-state index in [2.05, 4.69) is 77.9 Å². The van der Waals surface area contributed by atoms with Crippen molar-refractivity contribution in [3.05, 3.63) is 131 Å². The van der Waals surface area contributed by atoms with Crippen LogP contribution in [0.3, 0.4) is 0 Å². The van der Waals surface area contributed by atoms with Crippen LogP contribution < -0.4 is 15.4 Å². The lowest BCUT2D eigenvalue weighted by molar-refractivity contribution is 0.0598. The van der Waals surface area contributed by atoms with Gasteiger partial charge in [-0.2, -0.15) is 0 Å². The van der Waals surface area contributed by atoms with E-state index in [1.807, 2.05) is 29.2 Å². The van der Waals surface area contributed by atoms with Crippen LogP contribution in [0.1, 0.15) is 58.2 Å². The van der Waals surface area contributed by atoms with Crippen molar-refractivity contribution in [2.45, 2.75) is 26.3 Å². The number of hydrogen-bond donors (Lipinski definition) is 2. The first kappa shape index (κ1) is 31.9. The summed E-state index contributed by atoms with van der Waals surface area (Å²) in [5.74, 6) is 0.868. The van der Waals surface area contributed by atoms with Crippen LogP contribution in [0.15, 0.2) is 109 Å². The molecule has 8 heteroatoms. The third-order valence-electron chi connectivity index (χ3n) is 7.91. The van der Waals surface area contributed by atoms with Crippen molar-refractivity contribution in [2.75, 3.05) is 38.1 Å². The van der Waals surface area contributed by atoms with E-state index in [-0.39, 0.29) is 23.0 Å². The van der Waals surface area contributed by atoms with Crippen LogP contribution >= 0.6 is 12.2 Å². The Morgan fingerprint density at radius 2 is 1.36 bits per heavy atom. The van der Waals surface area contributed by atoms with Gasteiger partial charge >= 0.3 is 0 Å². The van der Waals surface area contributed by atoms with E-state index in [0.717, 1.165) is 25.3 Å². The van der Waals surface area contributed by atoms with Crippen LogP contribution in [0.4, 0.5) is 5.69 Å². The van der Waals surface area contributed by atoms with Gasteiger partial charge in [0.15, 0.2) is 5.11 Å². The lowest BCUT2D eigenvalue weighted by Crippen LogP contribution is -2.50. The van der Waals surface area contributed by atoms with Gasteiger partial charge in [-0.05, 0) is 72.1 Å². The summed E-state index contributed by atoms with van der Waals surface area (Å²) < 4.78 is 5.75. The Balaban J connectivity index is 1.19. The normalized spacial score (nSPS) is 13.5. The van der Waals surface area contributed by atoms with Gasteiger partial charge in [0.1, 0.15) is 5.75 Å². The van der Waals surface area contributed by atoms with E-state index in [0.29, 0.717) is 42.4 Å². The maximum Gasteiger partial charge on any atom is 0.257 e. The minimum atomic E-state index is -0.340. The average molecular weight is 621 g/mol. The monoisotopic (exact) mass is 620 g/mol. The van der Waals surface area contributed by atoms with E-state index >= 15 is 0 Å². The Bertz CT molecular complexity index is 1530. The molecule has 0 radical (unpaired) electrons. The molecule has 7 nitrogen and oxygen atoms in total. The Labute approximate surface area is 271 Å². The number of ether oxygens (including phenoxy) is 1. The van der Waals surface area contributed by atoms with Crippen LogP contribution in [0, 0.1) is 5.92 Å². The standard InChI is InChI=1S/C37H40N4O3S/c1-27(2)21-26-44-31-19-17-30(18-20-31)35(42)39-37(45)38-33-16-10-9-15-32(33)36(43)41-24-22-40(23-25-41)34(28-11-5-3-6-12-28)29-13-7-4-8-14-29/h3-20,27,34H,21-26H2,1-2H3,(H2,38,39,42,45). The topological polar surface area (TPSA) is 73.9 Å². The second-order valence-corrected chi connectivity index (χ2v) is 12.0. The quantitative estimate of drug-likeness (QED) is 0.190. The fourth-order valence-electron chi connectivity index (χ4n) is 5.46. The van der Waals surface area contributed by atoms with E-state index in [9.17, 15) is 9.59 Å². The summed E-state index contributed by atoms with van der Waals surface area (Å²) in [5.41, 5.74) is 3.99. The van der Waals surface area contributed by atoms with Gasteiger partial charge in [0.2, 0.25) is 0 Å². The minimum absolute atomic E-state index is 0.0732. The van der Waals surface area contributed by atoms with Crippen molar-refractivity contribution < 1.29 is 14.3 Å². The molecular weight excluding hydrogens is 580 g/mol. The summed E-state index contributed by atoms with van der Waals surface area (Å²) >= 11 is 5.46. The molecular formula is C37H40N4O3S. The minimum Gasteiger partial charge on any atom is -0.494 e. The second-order valence-electron chi connectivity index (χ2n) is 11.6. The van der Waals surface area contributed by atoms with Crippen molar-refractivity contribution in [2.24, 2.45) is 5.92 Å². The maximum atomic E-state index is 13.7. The molecule has 0 aromatic heterocycles. The average Bonchev–Trinajstić information content (AvgIpc) is 3.06. The molecule has 5 rings (SSSR count). The summed E-state index contributed by atoms with van der Waals surface area (Å²) in [5, 5.41) is 5.92. The van der Waals surface area contributed by atoms with Crippen molar-refractivity contribution >= 4 is 34.8 Å². The van der Waals surface area contributed by atoms with Gasteiger partial charge in [0.05, 0.1) is 23.9 Å². The molecule has 0 saturated carbocycles. The number of rotatable bonds is 10. The second kappa shape index (κ2) is 15.5. The Hall–Kier alpha value is -4.53. The number of benzene rings is 4. The number of piperazine rings is 1. The molecule has 232 valence electrons. The number of amides is 2. The van der Waals surface area contributed by atoms with Gasteiger partial charge < -0.3 is 15.0 Å². The number of para-hydroxylation sites is 1. The highest BCUT2D eigenvalue weighted by Gasteiger charge is 2.29. The zero-order valence-electron chi connectivity index (χ0n) is 25.8. The van der Waals surface area contributed by atoms with Gasteiger partial charge in [0, 0.05) is 31.7 Å². The summed E-state index contributed by atoms with van der Waals surface area (Å²) in [7, 11) is 0. The molecule has 1 aliphatic rings. The van der Waals surface area contributed by atoms with Crippen molar-refractivity contribution in [3.63, 3.8) is 0 Å². The molecule has 2 N–H and O–H groups in total. The highest BCUT2D eigenvalue weighted by atomic mass is 32.1. The number of nitrogens with one attached hydrogen (secondary N) is 2. The fraction of sp³-hybridized carbons (Fsp3) is 0.270. The molecule has 2 amide bonds.